The molecular formula is C21H20ClN3O2S. The number of aromatic nitrogens is 1. The molecule has 2 aromatic carbocycles. The highest BCUT2D eigenvalue weighted by atomic mass is 35.5. The van der Waals surface area contributed by atoms with E-state index in [0.717, 1.165) is 11.4 Å². The maximum absolute atomic E-state index is 13.0. The number of halogens is 1. The number of piperidine rings is 1. The van der Waals surface area contributed by atoms with Gasteiger partial charge in [-0.1, -0.05) is 23.7 Å². The fourth-order valence-corrected chi connectivity index (χ4v) is 5.90. The van der Waals surface area contributed by atoms with Crippen LogP contribution in [-0.4, -0.2) is 30.4 Å². The molecule has 144 valence electrons. The first kappa shape index (κ1) is 17.8. The second-order valence-electron chi connectivity index (χ2n) is 7.35. The molecular weight excluding hydrogens is 394 g/mol. The number of hydrogen-bond donors (Lipinski definition) is 1. The monoisotopic (exact) mass is 413 g/mol. The number of hydrogen-bond acceptors (Lipinski definition) is 3. The van der Waals surface area contributed by atoms with Gasteiger partial charge in [-0.05, 0) is 61.4 Å². The summed E-state index contributed by atoms with van der Waals surface area (Å²) < 4.78 is 29.8. The van der Waals surface area contributed by atoms with Gasteiger partial charge in [0.25, 0.3) is 0 Å². The predicted octanol–water partition coefficient (Wildman–Crippen LogP) is 4.24. The minimum absolute atomic E-state index is 0.260. The first-order valence-electron chi connectivity index (χ1n) is 9.31. The van der Waals surface area contributed by atoms with Crippen LogP contribution in [0.2, 0.25) is 5.02 Å². The molecule has 0 saturated carbocycles. The summed E-state index contributed by atoms with van der Waals surface area (Å²) in [4.78, 5) is 0.290. The van der Waals surface area contributed by atoms with Crippen LogP contribution in [0.1, 0.15) is 18.5 Å². The molecule has 0 atom stereocenters. The van der Waals surface area contributed by atoms with E-state index in [-0.39, 0.29) is 10.4 Å². The third-order valence-electron chi connectivity index (χ3n) is 5.80. The molecule has 7 heteroatoms. The lowest BCUT2D eigenvalue weighted by atomic mass is 9.83. The topological polar surface area (TPSA) is 54.3 Å². The van der Waals surface area contributed by atoms with E-state index in [2.05, 4.69) is 40.3 Å². The molecule has 1 fully saturated rings. The molecule has 0 amide bonds. The Morgan fingerprint density at radius 1 is 0.929 bits per heavy atom. The second-order valence-corrected chi connectivity index (χ2v) is 9.72. The van der Waals surface area contributed by atoms with Crippen LogP contribution >= 0.6 is 11.6 Å². The van der Waals surface area contributed by atoms with Gasteiger partial charge in [0.2, 0.25) is 10.0 Å². The molecule has 1 N–H and O–H groups in total. The van der Waals surface area contributed by atoms with Gasteiger partial charge in [-0.15, -0.1) is 0 Å². The predicted molar refractivity (Wildman–Crippen MR) is 111 cm³/mol. The first-order chi connectivity index (χ1) is 13.5. The highest BCUT2D eigenvalue weighted by Gasteiger charge is 2.43. The van der Waals surface area contributed by atoms with Gasteiger partial charge in [0.15, 0.2) is 0 Å². The number of sulfonamides is 1. The van der Waals surface area contributed by atoms with Gasteiger partial charge < -0.3 is 9.88 Å². The molecule has 28 heavy (non-hydrogen) atoms. The Bertz CT molecular complexity index is 1130. The van der Waals surface area contributed by atoms with E-state index in [1.807, 2.05) is 12.1 Å². The molecule has 0 unspecified atom stereocenters. The number of benzene rings is 2. The summed E-state index contributed by atoms with van der Waals surface area (Å²) in [7, 11) is -3.52. The van der Waals surface area contributed by atoms with Crippen LogP contribution in [0.15, 0.2) is 71.8 Å². The van der Waals surface area contributed by atoms with Crippen LogP contribution < -0.4 is 5.32 Å². The largest absolute Gasteiger partial charge is 0.372 e. The van der Waals surface area contributed by atoms with E-state index in [1.165, 1.54) is 5.69 Å². The smallest absolute Gasteiger partial charge is 0.243 e. The first-order valence-corrected chi connectivity index (χ1v) is 11.1. The molecule has 1 aromatic heterocycles. The summed E-state index contributed by atoms with van der Waals surface area (Å²) >= 11 is 5.90. The Morgan fingerprint density at radius 3 is 2.39 bits per heavy atom. The summed E-state index contributed by atoms with van der Waals surface area (Å²) in [6.07, 6.45) is 3.49. The third kappa shape index (κ3) is 2.67. The Balaban J connectivity index is 1.44. The molecule has 2 aliphatic heterocycles. The molecule has 0 aliphatic carbocycles. The minimum Gasteiger partial charge on any atom is -0.372 e. The highest BCUT2D eigenvalue weighted by Crippen LogP contribution is 2.43. The molecule has 0 bridgehead atoms. The Morgan fingerprint density at radius 2 is 1.64 bits per heavy atom. The number of rotatable bonds is 2. The van der Waals surface area contributed by atoms with Crippen LogP contribution in [0.25, 0.3) is 5.69 Å². The molecule has 5 rings (SSSR count). The van der Waals surface area contributed by atoms with Crippen molar-refractivity contribution in [2.45, 2.75) is 23.3 Å². The van der Waals surface area contributed by atoms with Crippen LogP contribution in [0.5, 0.6) is 0 Å². The van der Waals surface area contributed by atoms with Crippen molar-refractivity contribution in [3.8, 4) is 5.69 Å². The summed E-state index contributed by atoms with van der Waals surface area (Å²) in [5.74, 6) is 0. The van der Waals surface area contributed by atoms with E-state index >= 15 is 0 Å². The molecule has 5 nitrogen and oxygen atoms in total. The minimum atomic E-state index is -3.52. The van der Waals surface area contributed by atoms with Gasteiger partial charge in [-0.25, -0.2) is 8.42 Å². The van der Waals surface area contributed by atoms with Gasteiger partial charge in [-0.2, -0.15) is 4.31 Å². The van der Waals surface area contributed by atoms with Crippen molar-refractivity contribution < 1.29 is 8.42 Å². The zero-order valence-corrected chi connectivity index (χ0v) is 16.7. The van der Waals surface area contributed by atoms with E-state index in [0.29, 0.717) is 31.0 Å². The molecule has 2 aliphatic rings. The number of anilines is 1. The van der Waals surface area contributed by atoms with Crippen molar-refractivity contribution in [2.24, 2.45) is 0 Å². The van der Waals surface area contributed by atoms with E-state index in [9.17, 15) is 8.42 Å². The Labute approximate surface area is 169 Å². The molecule has 3 aromatic rings. The summed E-state index contributed by atoms with van der Waals surface area (Å²) in [6.45, 7) is 0.927. The van der Waals surface area contributed by atoms with Gasteiger partial charge in [0.05, 0.1) is 21.8 Å². The van der Waals surface area contributed by atoms with Crippen LogP contribution in [0.3, 0.4) is 0 Å². The van der Waals surface area contributed by atoms with Crippen LogP contribution in [0, 0.1) is 0 Å². The third-order valence-corrected chi connectivity index (χ3v) is 7.97. The summed E-state index contributed by atoms with van der Waals surface area (Å²) in [6, 6.07) is 18.8. The Hall–Kier alpha value is -2.28. The van der Waals surface area contributed by atoms with Crippen molar-refractivity contribution >= 4 is 27.3 Å². The van der Waals surface area contributed by atoms with Crippen molar-refractivity contribution in [1.82, 2.24) is 8.87 Å². The number of fused-ring (bicyclic) bond motifs is 4. The van der Waals surface area contributed by atoms with Crippen molar-refractivity contribution in [1.29, 1.82) is 0 Å². The number of nitrogens with one attached hydrogen (secondary N) is 1. The SMILES string of the molecule is O=S(=O)(c1ccc(Cl)cc1)N1CCC2(CC1)Nc1ccccc1-n1cccc12. The summed E-state index contributed by atoms with van der Waals surface area (Å²) in [5, 5.41) is 4.24. The molecule has 3 heterocycles. The zero-order chi connectivity index (χ0) is 19.4. The van der Waals surface area contributed by atoms with Crippen molar-refractivity contribution in [2.75, 3.05) is 18.4 Å². The summed E-state index contributed by atoms with van der Waals surface area (Å²) in [5.41, 5.74) is 3.14. The maximum Gasteiger partial charge on any atom is 0.243 e. The highest BCUT2D eigenvalue weighted by molar-refractivity contribution is 7.89. The van der Waals surface area contributed by atoms with E-state index < -0.39 is 10.0 Å². The number of para-hydroxylation sites is 2. The van der Waals surface area contributed by atoms with E-state index in [1.54, 1.807) is 28.6 Å². The van der Waals surface area contributed by atoms with Crippen molar-refractivity contribution in [3.63, 3.8) is 0 Å². The molecule has 0 radical (unpaired) electrons. The van der Waals surface area contributed by atoms with Crippen molar-refractivity contribution in [3.05, 3.63) is 77.6 Å². The van der Waals surface area contributed by atoms with Crippen LogP contribution in [-0.2, 0) is 15.6 Å². The average Bonchev–Trinajstić information content (AvgIpc) is 3.20. The fourth-order valence-electron chi connectivity index (χ4n) is 4.34. The van der Waals surface area contributed by atoms with Gasteiger partial charge in [0.1, 0.15) is 0 Å². The quantitative estimate of drug-likeness (QED) is 0.683. The van der Waals surface area contributed by atoms with Crippen LogP contribution in [0.4, 0.5) is 5.69 Å². The maximum atomic E-state index is 13.0. The van der Waals surface area contributed by atoms with E-state index in [4.69, 9.17) is 11.6 Å². The van der Waals surface area contributed by atoms with Gasteiger partial charge >= 0.3 is 0 Å². The fraction of sp³-hybridized carbons (Fsp3) is 0.238. The zero-order valence-electron chi connectivity index (χ0n) is 15.2. The number of nitrogens with zero attached hydrogens (tertiary/aromatic N) is 2. The lowest BCUT2D eigenvalue weighted by molar-refractivity contribution is 0.247. The molecule has 1 spiro atoms. The lowest BCUT2D eigenvalue weighted by Crippen LogP contribution is -2.50. The standard InChI is InChI=1S/C21H20ClN3O2S/c22-16-7-9-17(10-8-16)28(26,27)24-14-11-21(12-15-24)20-6-3-13-25(20)19-5-2-1-4-18(19)23-21/h1-10,13,23H,11-12,14-15H2. The second kappa shape index (κ2) is 6.37. The average molecular weight is 414 g/mol. The van der Waals surface area contributed by atoms with Gasteiger partial charge in [0, 0.05) is 30.0 Å². The molecule has 1 saturated heterocycles. The normalized spacial score (nSPS) is 18.3. The van der Waals surface area contributed by atoms with Gasteiger partial charge in [-0.3, -0.25) is 0 Å². The lowest BCUT2D eigenvalue weighted by Gasteiger charge is -2.45. The Kier molecular flexibility index (Phi) is 4.05.